The van der Waals surface area contributed by atoms with Crippen LogP contribution in [0.2, 0.25) is 0 Å². The zero-order chi connectivity index (χ0) is 22.5. The summed E-state index contributed by atoms with van der Waals surface area (Å²) in [6.07, 6.45) is 1.39. The van der Waals surface area contributed by atoms with Crippen molar-refractivity contribution in [2.45, 2.75) is 25.3 Å². The van der Waals surface area contributed by atoms with Gasteiger partial charge in [-0.2, -0.15) is 0 Å². The minimum absolute atomic E-state index is 0.0532. The number of benzene rings is 2. The van der Waals surface area contributed by atoms with Gasteiger partial charge in [-0.3, -0.25) is 9.69 Å². The molecule has 5 nitrogen and oxygen atoms in total. The first-order valence-corrected chi connectivity index (χ1v) is 10.8. The molecule has 3 aromatic rings. The van der Waals surface area contributed by atoms with Crippen LogP contribution in [0.1, 0.15) is 38.4 Å². The Morgan fingerprint density at radius 3 is 2.53 bits per heavy atom. The number of carbonyl (C=O) groups is 2. The molecule has 1 aliphatic heterocycles. The van der Waals surface area contributed by atoms with Crippen LogP contribution in [0.3, 0.4) is 0 Å². The van der Waals surface area contributed by atoms with Gasteiger partial charge in [0.25, 0.3) is 5.92 Å². The number of nitrogens with zero attached hydrogens (tertiary/aromatic N) is 2. The average Bonchev–Trinajstić information content (AvgIpc) is 3.08. The topological polar surface area (TPSA) is 51.5 Å². The van der Waals surface area contributed by atoms with E-state index in [4.69, 9.17) is 4.74 Å². The van der Waals surface area contributed by atoms with Crippen LogP contribution in [-0.4, -0.2) is 53.9 Å². The van der Waals surface area contributed by atoms with E-state index in [0.717, 1.165) is 34.1 Å². The molecule has 0 amide bonds. The zero-order valence-corrected chi connectivity index (χ0v) is 17.8. The first-order valence-electron chi connectivity index (χ1n) is 10.8. The van der Waals surface area contributed by atoms with Gasteiger partial charge in [0.15, 0.2) is 5.78 Å². The maximum atomic E-state index is 13.4. The van der Waals surface area contributed by atoms with E-state index in [1.807, 2.05) is 36.4 Å². The van der Waals surface area contributed by atoms with E-state index >= 15 is 0 Å². The van der Waals surface area contributed by atoms with E-state index < -0.39 is 5.92 Å². The Kier molecular flexibility index (Phi) is 5.08. The summed E-state index contributed by atoms with van der Waals surface area (Å²) in [5, 5.41) is 0.914. The van der Waals surface area contributed by atoms with Crippen molar-refractivity contribution in [3.8, 4) is 0 Å². The lowest BCUT2D eigenvalue weighted by molar-refractivity contribution is -0.133. The first-order chi connectivity index (χ1) is 15.4. The van der Waals surface area contributed by atoms with Gasteiger partial charge in [-0.25, -0.2) is 13.6 Å². The molecule has 32 heavy (non-hydrogen) atoms. The molecule has 0 spiro atoms. The molecule has 1 fully saturated rings. The number of methoxy groups -OCH3 is 1. The van der Waals surface area contributed by atoms with E-state index in [-0.39, 0.29) is 30.8 Å². The van der Waals surface area contributed by atoms with Crippen molar-refractivity contribution in [3.05, 3.63) is 70.9 Å². The number of fused-ring (bicyclic) bond motifs is 3. The molecule has 0 bridgehead atoms. The van der Waals surface area contributed by atoms with E-state index in [1.165, 1.54) is 7.11 Å². The van der Waals surface area contributed by atoms with Crippen molar-refractivity contribution >= 4 is 22.7 Å². The molecule has 5 rings (SSSR count). The van der Waals surface area contributed by atoms with Crippen molar-refractivity contribution < 1.29 is 23.1 Å². The van der Waals surface area contributed by atoms with E-state index in [0.29, 0.717) is 25.1 Å². The average molecular weight is 438 g/mol. The molecule has 1 aromatic heterocycles. The zero-order valence-electron chi connectivity index (χ0n) is 17.8. The summed E-state index contributed by atoms with van der Waals surface area (Å²) in [4.78, 5) is 26.8. The Hall–Kier alpha value is -3.06. The second kappa shape index (κ2) is 7.81. The fourth-order valence-corrected chi connectivity index (χ4v) is 4.99. The smallest absolute Gasteiger partial charge is 0.337 e. The standard InChI is InChI=1S/C25H24F2N2O3/c1-32-24(31)17-8-6-16(7-9-17)12-29-20-5-3-2-4-19(20)22-21(29)11-10-18(23(22)30)13-28-14-25(26,27)15-28/h2-9,18H,10-15H2,1H3. The molecule has 166 valence electrons. The van der Waals surface area contributed by atoms with Crippen molar-refractivity contribution in [1.29, 1.82) is 0 Å². The number of hydrogen-bond acceptors (Lipinski definition) is 4. The molecule has 1 saturated heterocycles. The summed E-state index contributed by atoms with van der Waals surface area (Å²) in [6.45, 7) is 0.454. The van der Waals surface area contributed by atoms with Crippen LogP contribution in [0.5, 0.6) is 0 Å². The Morgan fingerprint density at radius 2 is 1.84 bits per heavy atom. The van der Waals surface area contributed by atoms with Crippen LogP contribution in [0.15, 0.2) is 48.5 Å². The third-order valence-electron chi connectivity index (χ3n) is 6.53. The van der Waals surface area contributed by atoms with Gasteiger partial charge in [0, 0.05) is 41.2 Å². The van der Waals surface area contributed by atoms with Crippen molar-refractivity contribution in [1.82, 2.24) is 9.47 Å². The number of rotatable bonds is 5. The summed E-state index contributed by atoms with van der Waals surface area (Å²) in [6, 6.07) is 15.1. The molecule has 7 heteroatoms. The Morgan fingerprint density at radius 1 is 1.12 bits per heavy atom. The van der Waals surface area contributed by atoms with Crippen molar-refractivity contribution in [3.63, 3.8) is 0 Å². The van der Waals surface area contributed by atoms with E-state index in [9.17, 15) is 18.4 Å². The molecule has 2 aromatic carbocycles. The third kappa shape index (κ3) is 3.60. The van der Waals surface area contributed by atoms with Crippen LogP contribution in [0.4, 0.5) is 8.78 Å². The Bertz CT molecular complexity index is 1190. The van der Waals surface area contributed by atoms with Crippen LogP contribution in [0.25, 0.3) is 10.9 Å². The molecular weight excluding hydrogens is 414 g/mol. The van der Waals surface area contributed by atoms with Gasteiger partial charge in [0.05, 0.1) is 25.8 Å². The number of para-hydroxylation sites is 1. The predicted octanol–water partition coefficient (Wildman–Crippen LogP) is 4.17. The number of halogens is 2. The van der Waals surface area contributed by atoms with Gasteiger partial charge in [-0.1, -0.05) is 30.3 Å². The number of Topliss-reactive ketones (excluding diaryl/α,β-unsaturated/α-hetero) is 1. The highest BCUT2D eigenvalue weighted by molar-refractivity contribution is 6.11. The number of ether oxygens (including phenoxy) is 1. The molecule has 2 heterocycles. The predicted molar refractivity (Wildman–Crippen MR) is 116 cm³/mol. The minimum Gasteiger partial charge on any atom is -0.465 e. The molecule has 2 aliphatic rings. The Labute approximate surface area is 184 Å². The largest absolute Gasteiger partial charge is 0.465 e. The molecule has 1 atom stereocenters. The van der Waals surface area contributed by atoms with Gasteiger partial charge >= 0.3 is 5.97 Å². The number of aromatic nitrogens is 1. The SMILES string of the molecule is COC(=O)c1ccc(Cn2c3c(c4ccccc42)C(=O)C(CN2CC(F)(F)C2)CC3)cc1. The van der Waals surface area contributed by atoms with Gasteiger partial charge in [0.1, 0.15) is 0 Å². The summed E-state index contributed by atoms with van der Waals surface area (Å²) in [7, 11) is 1.35. The first kappa shape index (κ1) is 20.8. The quantitative estimate of drug-likeness (QED) is 0.561. The summed E-state index contributed by atoms with van der Waals surface area (Å²) in [5.41, 5.74) is 4.22. The highest BCUT2D eigenvalue weighted by Gasteiger charge is 2.45. The Balaban J connectivity index is 1.45. The molecule has 0 saturated carbocycles. The van der Waals surface area contributed by atoms with Gasteiger partial charge in [-0.05, 0) is 36.6 Å². The summed E-state index contributed by atoms with van der Waals surface area (Å²) < 4.78 is 33.4. The number of hydrogen-bond donors (Lipinski definition) is 0. The number of carbonyl (C=O) groups excluding carboxylic acids is 2. The highest BCUT2D eigenvalue weighted by atomic mass is 19.3. The second-order valence-electron chi connectivity index (χ2n) is 8.74. The van der Waals surface area contributed by atoms with Crippen LogP contribution >= 0.6 is 0 Å². The maximum Gasteiger partial charge on any atom is 0.337 e. The fraction of sp³-hybridized carbons (Fsp3) is 0.360. The van der Waals surface area contributed by atoms with Gasteiger partial charge in [-0.15, -0.1) is 0 Å². The number of likely N-dealkylation sites (tertiary alicyclic amines) is 1. The lowest BCUT2D eigenvalue weighted by atomic mass is 9.84. The van der Waals surface area contributed by atoms with E-state index in [1.54, 1.807) is 17.0 Å². The monoisotopic (exact) mass is 438 g/mol. The fourth-order valence-electron chi connectivity index (χ4n) is 4.99. The maximum absolute atomic E-state index is 13.4. The normalized spacial score (nSPS) is 20.1. The molecule has 0 radical (unpaired) electrons. The molecule has 1 aliphatic carbocycles. The summed E-state index contributed by atoms with van der Waals surface area (Å²) in [5.74, 6) is -3.20. The summed E-state index contributed by atoms with van der Waals surface area (Å²) >= 11 is 0. The highest BCUT2D eigenvalue weighted by Crippen LogP contribution is 2.36. The number of ketones is 1. The second-order valence-corrected chi connectivity index (χ2v) is 8.74. The molecule has 0 N–H and O–H groups in total. The lowest BCUT2D eigenvalue weighted by Gasteiger charge is -2.40. The molecule has 1 unspecified atom stereocenters. The van der Waals surface area contributed by atoms with Crippen LogP contribution < -0.4 is 0 Å². The molecular formula is C25H24F2N2O3. The minimum atomic E-state index is -2.62. The van der Waals surface area contributed by atoms with Gasteiger partial charge in [0.2, 0.25) is 0 Å². The van der Waals surface area contributed by atoms with Crippen molar-refractivity contribution in [2.24, 2.45) is 5.92 Å². The number of alkyl halides is 2. The van der Waals surface area contributed by atoms with E-state index in [2.05, 4.69) is 4.57 Å². The van der Waals surface area contributed by atoms with Crippen molar-refractivity contribution in [2.75, 3.05) is 26.7 Å². The van der Waals surface area contributed by atoms with Gasteiger partial charge < -0.3 is 9.30 Å². The lowest BCUT2D eigenvalue weighted by Crippen LogP contribution is -2.58. The third-order valence-corrected chi connectivity index (χ3v) is 6.53. The van der Waals surface area contributed by atoms with Crippen LogP contribution in [0, 0.1) is 5.92 Å². The van der Waals surface area contributed by atoms with Crippen LogP contribution in [-0.2, 0) is 17.7 Å². The number of esters is 1.